The third-order valence-electron chi connectivity index (χ3n) is 3.54. The van der Waals surface area contributed by atoms with Gasteiger partial charge in [0.15, 0.2) is 0 Å². The first-order valence-electron chi connectivity index (χ1n) is 5.96. The summed E-state index contributed by atoms with van der Waals surface area (Å²) in [6, 6.07) is -1.33. The number of urea groups is 1. The summed E-state index contributed by atoms with van der Waals surface area (Å²) in [6.45, 7) is 2.31. The molecule has 0 bridgehead atoms. The van der Waals surface area contributed by atoms with Crippen LogP contribution >= 0.6 is 0 Å². The van der Waals surface area contributed by atoms with Crippen molar-refractivity contribution in [1.82, 2.24) is 10.6 Å². The van der Waals surface area contributed by atoms with Crippen LogP contribution in [-0.4, -0.2) is 34.9 Å². The number of amides is 2. The molecule has 3 atom stereocenters. The Morgan fingerprint density at radius 3 is 2.21 bits per heavy atom. The van der Waals surface area contributed by atoms with Crippen molar-refractivity contribution in [3.63, 3.8) is 0 Å². The van der Waals surface area contributed by atoms with E-state index in [1.54, 1.807) is 0 Å². The average Bonchev–Trinajstić information content (AvgIpc) is 2.62. The summed E-state index contributed by atoms with van der Waals surface area (Å²) in [5, 5.41) is 12.6. The molecule has 1 saturated carbocycles. The van der Waals surface area contributed by atoms with Crippen molar-refractivity contribution in [2.45, 2.75) is 50.9 Å². The molecule has 0 radical (unpaired) electrons. The smallest absolute Gasteiger partial charge is 0.422 e. The van der Waals surface area contributed by atoms with Crippen LogP contribution in [0.15, 0.2) is 0 Å². The number of hydrogen-bond acceptors (Lipinski definition) is 2. The number of carboxylic acids is 1. The molecule has 0 heterocycles. The number of carboxylic acid groups (broad SMARTS) is 1. The van der Waals surface area contributed by atoms with Crippen molar-refractivity contribution in [2.75, 3.05) is 0 Å². The molecule has 3 unspecified atom stereocenters. The fourth-order valence-electron chi connectivity index (χ4n) is 2.04. The Morgan fingerprint density at radius 2 is 1.84 bits per heavy atom. The number of carbonyl (C=O) groups excluding carboxylic acids is 1. The second-order valence-corrected chi connectivity index (χ2v) is 5.04. The Hall–Kier alpha value is -1.47. The molecule has 0 aromatic rings. The predicted octanol–water partition coefficient (Wildman–Crippen LogP) is 1.88. The van der Waals surface area contributed by atoms with Gasteiger partial charge in [0.2, 0.25) is 5.54 Å². The highest BCUT2D eigenvalue weighted by molar-refractivity contribution is 5.86. The summed E-state index contributed by atoms with van der Waals surface area (Å²) in [4.78, 5) is 22.3. The van der Waals surface area contributed by atoms with Gasteiger partial charge >= 0.3 is 18.2 Å². The van der Waals surface area contributed by atoms with Crippen LogP contribution in [0.5, 0.6) is 0 Å². The fourth-order valence-corrected chi connectivity index (χ4v) is 2.04. The Kier molecular flexibility index (Phi) is 4.32. The van der Waals surface area contributed by atoms with Gasteiger partial charge in [-0.15, -0.1) is 0 Å². The molecule has 19 heavy (non-hydrogen) atoms. The highest BCUT2D eigenvalue weighted by Gasteiger charge is 2.58. The van der Waals surface area contributed by atoms with Crippen LogP contribution in [0.25, 0.3) is 0 Å². The summed E-state index contributed by atoms with van der Waals surface area (Å²) in [5.74, 6) is -1.97. The number of carbonyl (C=O) groups is 2. The molecule has 1 aliphatic carbocycles. The quantitative estimate of drug-likeness (QED) is 0.739. The maximum absolute atomic E-state index is 12.7. The van der Waals surface area contributed by atoms with Crippen molar-refractivity contribution < 1.29 is 27.9 Å². The molecular weight excluding hydrogens is 265 g/mol. The van der Waals surface area contributed by atoms with E-state index >= 15 is 0 Å². The minimum Gasteiger partial charge on any atom is -0.479 e. The third kappa shape index (κ3) is 3.30. The van der Waals surface area contributed by atoms with E-state index in [1.165, 1.54) is 5.32 Å². The van der Waals surface area contributed by atoms with Gasteiger partial charge in [-0.05, 0) is 25.7 Å². The Balaban J connectivity index is 2.70. The van der Waals surface area contributed by atoms with Crippen LogP contribution in [0.1, 0.15) is 33.1 Å². The third-order valence-corrected chi connectivity index (χ3v) is 3.54. The molecule has 5 nitrogen and oxygen atoms in total. The Bertz CT molecular complexity index is 373. The van der Waals surface area contributed by atoms with Crippen LogP contribution in [0.4, 0.5) is 18.0 Å². The van der Waals surface area contributed by atoms with Gasteiger partial charge in [-0.3, -0.25) is 0 Å². The normalized spacial score (nSPS) is 26.6. The minimum atomic E-state index is -5.07. The van der Waals surface area contributed by atoms with Gasteiger partial charge in [-0.25, -0.2) is 9.59 Å². The molecule has 1 fully saturated rings. The van der Waals surface area contributed by atoms with Gasteiger partial charge in [0.05, 0.1) is 0 Å². The summed E-state index contributed by atoms with van der Waals surface area (Å²) >= 11 is 0. The van der Waals surface area contributed by atoms with E-state index in [-0.39, 0.29) is 12.0 Å². The SMILES string of the molecule is CC1CCCC1NC(=O)NC(C)(C(=O)O)C(F)(F)F. The lowest BCUT2D eigenvalue weighted by Gasteiger charge is -2.29. The Labute approximate surface area is 108 Å². The molecule has 0 saturated heterocycles. The number of rotatable bonds is 3. The monoisotopic (exact) mass is 282 g/mol. The first kappa shape index (κ1) is 15.6. The second-order valence-electron chi connectivity index (χ2n) is 5.04. The van der Waals surface area contributed by atoms with Gasteiger partial charge in [0.25, 0.3) is 0 Å². The Morgan fingerprint density at radius 1 is 1.26 bits per heavy atom. The molecule has 3 N–H and O–H groups in total. The van der Waals surface area contributed by atoms with Crippen LogP contribution in [0.3, 0.4) is 0 Å². The zero-order valence-corrected chi connectivity index (χ0v) is 10.7. The van der Waals surface area contributed by atoms with E-state index in [2.05, 4.69) is 5.32 Å². The molecule has 1 rings (SSSR count). The second kappa shape index (κ2) is 5.26. The maximum Gasteiger partial charge on any atom is 0.422 e. The summed E-state index contributed by atoms with van der Waals surface area (Å²) in [7, 11) is 0. The molecule has 1 aliphatic rings. The number of aliphatic carboxylic acids is 1. The molecule has 0 spiro atoms. The molecule has 8 heteroatoms. The van der Waals surface area contributed by atoms with Gasteiger partial charge in [0.1, 0.15) is 0 Å². The van der Waals surface area contributed by atoms with Gasteiger partial charge < -0.3 is 15.7 Å². The van der Waals surface area contributed by atoms with Crippen molar-refractivity contribution >= 4 is 12.0 Å². The van der Waals surface area contributed by atoms with Crippen LogP contribution in [0.2, 0.25) is 0 Å². The van der Waals surface area contributed by atoms with Gasteiger partial charge in [0, 0.05) is 6.04 Å². The van der Waals surface area contributed by atoms with Crippen molar-refractivity contribution in [3.8, 4) is 0 Å². The molecule has 2 amide bonds. The first-order chi connectivity index (χ1) is 8.58. The first-order valence-corrected chi connectivity index (χ1v) is 5.96. The number of nitrogens with one attached hydrogen (secondary N) is 2. The van der Waals surface area contributed by atoms with E-state index < -0.39 is 23.7 Å². The predicted molar refractivity (Wildman–Crippen MR) is 60.6 cm³/mol. The van der Waals surface area contributed by atoms with Crippen LogP contribution in [0, 0.1) is 5.92 Å². The van der Waals surface area contributed by atoms with Gasteiger partial charge in [-0.1, -0.05) is 13.3 Å². The highest BCUT2D eigenvalue weighted by atomic mass is 19.4. The zero-order chi connectivity index (χ0) is 14.8. The lowest BCUT2D eigenvalue weighted by atomic mass is 10.0. The molecular formula is C11H17F3N2O3. The topological polar surface area (TPSA) is 78.4 Å². The van der Waals surface area contributed by atoms with E-state index in [4.69, 9.17) is 5.11 Å². The van der Waals surface area contributed by atoms with E-state index in [0.29, 0.717) is 13.3 Å². The average molecular weight is 282 g/mol. The van der Waals surface area contributed by atoms with Crippen LogP contribution < -0.4 is 10.6 Å². The summed E-state index contributed by atoms with van der Waals surface area (Å²) in [5.41, 5.74) is -3.29. The number of hydrogen-bond donors (Lipinski definition) is 3. The largest absolute Gasteiger partial charge is 0.479 e. The zero-order valence-electron chi connectivity index (χ0n) is 10.7. The number of halogens is 3. The molecule has 0 aromatic carbocycles. The highest BCUT2D eigenvalue weighted by Crippen LogP contribution is 2.30. The lowest BCUT2D eigenvalue weighted by Crippen LogP contribution is -2.64. The standard InChI is InChI=1S/C11H17F3N2O3/c1-6-4-3-5-7(6)15-9(19)16-10(2,8(17)18)11(12,13)14/h6-7H,3-5H2,1-2H3,(H,17,18)(H2,15,16,19). The fraction of sp³-hybridized carbons (Fsp3) is 0.818. The number of alkyl halides is 3. The summed E-state index contributed by atoms with van der Waals surface area (Å²) in [6.07, 6.45) is -2.61. The van der Waals surface area contributed by atoms with Crippen molar-refractivity contribution in [3.05, 3.63) is 0 Å². The molecule has 0 aromatic heterocycles. The van der Waals surface area contributed by atoms with Crippen LogP contribution in [-0.2, 0) is 4.79 Å². The van der Waals surface area contributed by atoms with E-state index in [9.17, 15) is 22.8 Å². The summed E-state index contributed by atoms with van der Waals surface area (Å²) < 4.78 is 38.0. The van der Waals surface area contributed by atoms with Crippen molar-refractivity contribution in [2.24, 2.45) is 5.92 Å². The van der Waals surface area contributed by atoms with E-state index in [0.717, 1.165) is 12.8 Å². The lowest BCUT2D eigenvalue weighted by molar-refractivity contribution is -0.203. The minimum absolute atomic E-state index is 0.174. The maximum atomic E-state index is 12.7. The molecule has 0 aliphatic heterocycles. The van der Waals surface area contributed by atoms with Crippen molar-refractivity contribution in [1.29, 1.82) is 0 Å². The van der Waals surface area contributed by atoms with E-state index in [1.807, 2.05) is 6.92 Å². The molecule has 110 valence electrons. The van der Waals surface area contributed by atoms with Gasteiger partial charge in [-0.2, -0.15) is 13.2 Å².